The number of rotatable bonds is 3. The average molecular weight is 190 g/mol. The molecule has 0 bridgehead atoms. The smallest absolute Gasteiger partial charge is 0.140 e. The molecule has 0 aliphatic heterocycles. The summed E-state index contributed by atoms with van der Waals surface area (Å²) >= 11 is 0. The zero-order chi connectivity index (χ0) is 9.80. The quantitative estimate of drug-likeness (QED) is 0.716. The highest BCUT2D eigenvalue weighted by molar-refractivity contribution is 5.18. The summed E-state index contributed by atoms with van der Waals surface area (Å²) in [5.74, 6) is 0.718. The van der Waals surface area contributed by atoms with E-state index in [0.29, 0.717) is 6.54 Å². The maximum Gasteiger partial charge on any atom is 0.140 e. The molecule has 0 fully saturated rings. The molecule has 0 atom stereocenters. The van der Waals surface area contributed by atoms with Crippen LogP contribution in [0.5, 0.6) is 5.75 Å². The number of nitrogens with zero attached hydrogens (tertiary/aromatic N) is 4. The van der Waals surface area contributed by atoms with E-state index in [0.717, 1.165) is 11.4 Å². The minimum absolute atomic E-state index is 0.657. The summed E-state index contributed by atoms with van der Waals surface area (Å²) < 4.78 is 6.97. The van der Waals surface area contributed by atoms with Gasteiger partial charge in [-0.05, 0) is 0 Å². The summed E-state index contributed by atoms with van der Waals surface area (Å²) in [6.07, 6.45) is 6.92. The Morgan fingerprint density at radius 3 is 3.14 bits per heavy atom. The Labute approximate surface area is 81.4 Å². The Morgan fingerprint density at radius 2 is 2.43 bits per heavy atom. The molecule has 5 nitrogen and oxygen atoms in total. The van der Waals surface area contributed by atoms with Gasteiger partial charge in [0.25, 0.3) is 0 Å². The minimum Gasteiger partial charge on any atom is -0.495 e. The molecule has 0 saturated heterocycles. The first-order valence-electron chi connectivity index (χ1n) is 4.20. The van der Waals surface area contributed by atoms with Crippen molar-refractivity contribution in [1.82, 2.24) is 19.7 Å². The van der Waals surface area contributed by atoms with Crippen molar-refractivity contribution in [2.45, 2.75) is 6.54 Å². The van der Waals surface area contributed by atoms with Crippen molar-refractivity contribution in [3.8, 4) is 5.75 Å². The number of methoxy groups -OCH3 is 1. The van der Waals surface area contributed by atoms with E-state index in [4.69, 9.17) is 4.74 Å². The molecule has 72 valence electrons. The lowest BCUT2D eigenvalue weighted by molar-refractivity contribution is 0.410. The molecule has 0 aliphatic carbocycles. The molecule has 0 spiro atoms. The van der Waals surface area contributed by atoms with Crippen LogP contribution in [0, 0.1) is 0 Å². The fourth-order valence-corrected chi connectivity index (χ4v) is 1.15. The molecule has 0 N–H and O–H groups in total. The van der Waals surface area contributed by atoms with Crippen molar-refractivity contribution >= 4 is 0 Å². The van der Waals surface area contributed by atoms with Gasteiger partial charge in [0, 0.05) is 18.5 Å². The second-order valence-electron chi connectivity index (χ2n) is 2.82. The molecule has 2 heterocycles. The second kappa shape index (κ2) is 3.87. The van der Waals surface area contributed by atoms with Gasteiger partial charge in [0.05, 0.1) is 31.9 Å². The lowest BCUT2D eigenvalue weighted by atomic mass is 10.3. The summed E-state index contributed by atoms with van der Waals surface area (Å²) in [7, 11) is 1.61. The molecule has 0 saturated carbocycles. The van der Waals surface area contributed by atoms with E-state index in [1.54, 1.807) is 25.8 Å². The van der Waals surface area contributed by atoms with E-state index in [1.807, 2.05) is 16.8 Å². The van der Waals surface area contributed by atoms with Crippen LogP contribution in [0.1, 0.15) is 5.69 Å². The van der Waals surface area contributed by atoms with Gasteiger partial charge in [-0.1, -0.05) is 0 Å². The summed E-state index contributed by atoms with van der Waals surface area (Å²) in [6, 6.07) is 1.85. The Hall–Kier alpha value is -1.91. The summed E-state index contributed by atoms with van der Waals surface area (Å²) in [5.41, 5.74) is 0.849. The Morgan fingerprint density at radius 1 is 1.50 bits per heavy atom. The molecule has 14 heavy (non-hydrogen) atoms. The number of ether oxygens (including phenoxy) is 1. The molecule has 2 aromatic heterocycles. The summed E-state index contributed by atoms with van der Waals surface area (Å²) in [5, 5.41) is 7.81. The van der Waals surface area contributed by atoms with Crippen molar-refractivity contribution in [3.63, 3.8) is 0 Å². The minimum atomic E-state index is 0.657. The molecule has 2 rings (SSSR count). The molecule has 0 unspecified atom stereocenters. The highest BCUT2D eigenvalue weighted by atomic mass is 16.5. The van der Waals surface area contributed by atoms with Gasteiger partial charge in [0.15, 0.2) is 0 Å². The first-order valence-corrected chi connectivity index (χ1v) is 4.20. The molecule has 0 aliphatic rings. The van der Waals surface area contributed by atoms with Crippen LogP contribution in [-0.4, -0.2) is 26.9 Å². The highest BCUT2D eigenvalue weighted by Crippen LogP contribution is 2.08. The van der Waals surface area contributed by atoms with Crippen LogP contribution in [0.3, 0.4) is 0 Å². The second-order valence-corrected chi connectivity index (χ2v) is 2.82. The van der Waals surface area contributed by atoms with Gasteiger partial charge in [-0.25, -0.2) is 4.98 Å². The third kappa shape index (κ3) is 1.87. The number of hydrogen-bond acceptors (Lipinski definition) is 4. The monoisotopic (exact) mass is 190 g/mol. The maximum atomic E-state index is 5.05. The van der Waals surface area contributed by atoms with Gasteiger partial charge >= 0.3 is 0 Å². The van der Waals surface area contributed by atoms with Crippen LogP contribution in [0.4, 0.5) is 0 Å². The third-order valence-electron chi connectivity index (χ3n) is 1.82. The van der Waals surface area contributed by atoms with Crippen LogP contribution < -0.4 is 4.74 Å². The standard InChI is InChI=1S/C9H10N4O/c1-14-9-4-8(12-11-5-9)6-13-3-2-10-7-13/h2-5,7H,6H2,1H3. The Kier molecular flexibility index (Phi) is 2.40. The van der Waals surface area contributed by atoms with Crippen molar-refractivity contribution in [2.75, 3.05) is 7.11 Å². The van der Waals surface area contributed by atoms with E-state index < -0.39 is 0 Å². The van der Waals surface area contributed by atoms with Crippen LogP contribution >= 0.6 is 0 Å². The van der Waals surface area contributed by atoms with Gasteiger partial charge in [-0.3, -0.25) is 0 Å². The van der Waals surface area contributed by atoms with E-state index in [9.17, 15) is 0 Å². The SMILES string of the molecule is COc1cnnc(Cn2ccnc2)c1. The first-order chi connectivity index (χ1) is 6.88. The molecular formula is C9H10N4O. The van der Waals surface area contributed by atoms with Gasteiger partial charge in [0.2, 0.25) is 0 Å². The predicted molar refractivity (Wildman–Crippen MR) is 49.9 cm³/mol. The fraction of sp³-hybridized carbons (Fsp3) is 0.222. The summed E-state index contributed by atoms with van der Waals surface area (Å²) in [6.45, 7) is 0.657. The van der Waals surface area contributed by atoms with Crippen LogP contribution in [0.15, 0.2) is 31.0 Å². The van der Waals surface area contributed by atoms with Crippen molar-refractivity contribution < 1.29 is 4.74 Å². The molecular weight excluding hydrogens is 180 g/mol. The maximum absolute atomic E-state index is 5.05. The lowest BCUT2D eigenvalue weighted by Gasteiger charge is -2.02. The molecule has 5 heteroatoms. The van der Waals surface area contributed by atoms with Gasteiger partial charge in [-0.15, -0.1) is 0 Å². The van der Waals surface area contributed by atoms with E-state index in [2.05, 4.69) is 15.2 Å². The molecule has 0 aromatic carbocycles. The molecule has 0 amide bonds. The average Bonchev–Trinajstić information content (AvgIpc) is 2.71. The fourth-order valence-electron chi connectivity index (χ4n) is 1.15. The first kappa shape index (κ1) is 8.68. The Balaban J connectivity index is 2.17. The number of hydrogen-bond donors (Lipinski definition) is 0. The number of aromatic nitrogens is 4. The normalized spacial score (nSPS) is 10.1. The number of imidazole rings is 1. The van der Waals surface area contributed by atoms with Crippen LogP contribution in [0.25, 0.3) is 0 Å². The van der Waals surface area contributed by atoms with E-state index in [-0.39, 0.29) is 0 Å². The summed E-state index contributed by atoms with van der Waals surface area (Å²) in [4.78, 5) is 3.94. The van der Waals surface area contributed by atoms with Gasteiger partial charge < -0.3 is 9.30 Å². The molecule has 0 radical (unpaired) electrons. The molecule has 2 aromatic rings. The highest BCUT2D eigenvalue weighted by Gasteiger charge is 1.99. The van der Waals surface area contributed by atoms with Crippen LogP contribution in [0.2, 0.25) is 0 Å². The zero-order valence-electron chi connectivity index (χ0n) is 7.79. The van der Waals surface area contributed by atoms with Crippen molar-refractivity contribution in [2.24, 2.45) is 0 Å². The van der Waals surface area contributed by atoms with Crippen LogP contribution in [-0.2, 0) is 6.54 Å². The predicted octanol–water partition coefficient (Wildman–Crippen LogP) is 0.730. The largest absolute Gasteiger partial charge is 0.495 e. The van der Waals surface area contributed by atoms with Crippen molar-refractivity contribution in [1.29, 1.82) is 0 Å². The third-order valence-corrected chi connectivity index (χ3v) is 1.82. The van der Waals surface area contributed by atoms with Gasteiger partial charge in [0.1, 0.15) is 5.75 Å². The van der Waals surface area contributed by atoms with Gasteiger partial charge in [-0.2, -0.15) is 10.2 Å². The lowest BCUT2D eigenvalue weighted by Crippen LogP contribution is -2.01. The zero-order valence-corrected chi connectivity index (χ0v) is 7.79. The van der Waals surface area contributed by atoms with E-state index >= 15 is 0 Å². The topological polar surface area (TPSA) is 52.8 Å². The Bertz CT molecular complexity index is 399. The van der Waals surface area contributed by atoms with Crippen molar-refractivity contribution in [3.05, 3.63) is 36.7 Å². The van der Waals surface area contributed by atoms with E-state index in [1.165, 1.54) is 0 Å².